The maximum absolute atomic E-state index is 17.3. The number of fused-ring (bicyclic) bond motifs is 7. The largest absolute Gasteiger partial charge is 0.390 e. The second-order valence-electron chi connectivity index (χ2n) is 11.5. The summed E-state index contributed by atoms with van der Waals surface area (Å²) in [4.78, 5) is 25.2. The van der Waals surface area contributed by atoms with E-state index in [2.05, 4.69) is 0 Å². The zero-order valence-corrected chi connectivity index (χ0v) is 19.2. The highest BCUT2D eigenvalue weighted by Crippen LogP contribution is 2.72. The lowest BCUT2D eigenvalue weighted by Crippen LogP contribution is -2.74. The average molecular weight is 453 g/mol. The molecule has 3 saturated carbocycles. The fourth-order valence-corrected chi connectivity index (χ4v) is 8.33. The molecule has 0 unspecified atom stereocenters. The SMILES string of the molecule is CC(=O)[C@@]12OC(C)(C)O[C@@H]1C[C@H]1[C@@H]3[C@@H](O)[C@@H](O)C4=CC(=O)CC[C@]4(C)[C@@]3(F)[C@@H](O)C[C@@]12C. The van der Waals surface area contributed by atoms with Crippen LogP contribution < -0.4 is 0 Å². The van der Waals surface area contributed by atoms with Gasteiger partial charge in [-0.2, -0.15) is 0 Å². The Kier molecular flexibility index (Phi) is 4.43. The van der Waals surface area contributed by atoms with Crippen molar-refractivity contribution in [1.29, 1.82) is 0 Å². The lowest BCUT2D eigenvalue weighted by Gasteiger charge is -2.65. The quantitative estimate of drug-likeness (QED) is 0.554. The van der Waals surface area contributed by atoms with Crippen LogP contribution in [0.3, 0.4) is 0 Å². The molecule has 0 aromatic carbocycles. The van der Waals surface area contributed by atoms with Crippen LogP contribution in [0.15, 0.2) is 11.6 Å². The van der Waals surface area contributed by atoms with Gasteiger partial charge in [-0.05, 0) is 57.6 Å². The van der Waals surface area contributed by atoms with Gasteiger partial charge in [0.05, 0.1) is 18.3 Å². The molecule has 5 rings (SSSR count). The molecular weight excluding hydrogens is 419 g/mol. The molecular formula is C24H33FO7. The van der Waals surface area contributed by atoms with E-state index < -0.39 is 64.1 Å². The summed E-state index contributed by atoms with van der Waals surface area (Å²) < 4.78 is 29.7. The van der Waals surface area contributed by atoms with Crippen molar-refractivity contribution in [2.24, 2.45) is 22.7 Å². The number of alkyl halides is 1. The van der Waals surface area contributed by atoms with Gasteiger partial charge in [0.1, 0.15) is 6.10 Å². The molecule has 0 aromatic heterocycles. The van der Waals surface area contributed by atoms with E-state index in [0.29, 0.717) is 0 Å². The van der Waals surface area contributed by atoms with Crippen molar-refractivity contribution in [3.63, 3.8) is 0 Å². The highest BCUT2D eigenvalue weighted by atomic mass is 19.1. The van der Waals surface area contributed by atoms with Crippen molar-refractivity contribution in [2.45, 2.75) is 102 Å². The maximum atomic E-state index is 17.3. The van der Waals surface area contributed by atoms with Gasteiger partial charge in [0.25, 0.3) is 0 Å². The third-order valence-electron chi connectivity index (χ3n) is 9.65. The summed E-state index contributed by atoms with van der Waals surface area (Å²) in [5, 5.41) is 33.6. The molecule has 3 N–H and O–H groups in total. The van der Waals surface area contributed by atoms with Gasteiger partial charge < -0.3 is 24.8 Å². The highest BCUT2D eigenvalue weighted by Gasteiger charge is 2.81. The van der Waals surface area contributed by atoms with Crippen molar-refractivity contribution in [3.8, 4) is 0 Å². The van der Waals surface area contributed by atoms with E-state index in [4.69, 9.17) is 9.47 Å². The minimum absolute atomic E-state index is 0.0557. The molecule has 1 aliphatic heterocycles. The second kappa shape index (κ2) is 6.27. The predicted molar refractivity (Wildman–Crippen MR) is 110 cm³/mol. The molecule has 7 nitrogen and oxygen atoms in total. The molecule has 4 aliphatic carbocycles. The van der Waals surface area contributed by atoms with E-state index in [1.165, 1.54) is 13.0 Å². The molecule has 8 heteroatoms. The Labute approximate surface area is 187 Å². The molecule has 5 aliphatic rings. The van der Waals surface area contributed by atoms with Gasteiger partial charge in [-0.25, -0.2) is 4.39 Å². The number of carbonyl (C=O) groups excluding carboxylic acids is 2. The average Bonchev–Trinajstić information content (AvgIpc) is 3.09. The Balaban J connectivity index is 1.69. The minimum Gasteiger partial charge on any atom is -0.390 e. The summed E-state index contributed by atoms with van der Waals surface area (Å²) in [6.07, 6.45) is -3.46. The molecule has 32 heavy (non-hydrogen) atoms. The van der Waals surface area contributed by atoms with Crippen LogP contribution in [0.4, 0.5) is 4.39 Å². The molecule has 0 spiro atoms. The van der Waals surface area contributed by atoms with Crippen LogP contribution in [0.25, 0.3) is 0 Å². The summed E-state index contributed by atoms with van der Waals surface area (Å²) in [6, 6.07) is 0. The molecule has 1 heterocycles. The van der Waals surface area contributed by atoms with Crippen LogP contribution in [-0.4, -0.2) is 68.4 Å². The Morgan fingerprint density at radius 3 is 2.47 bits per heavy atom. The first-order valence-electron chi connectivity index (χ1n) is 11.5. The van der Waals surface area contributed by atoms with Gasteiger partial charge in [-0.3, -0.25) is 9.59 Å². The molecule has 0 aromatic rings. The molecule has 178 valence electrons. The number of ketones is 2. The van der Waals surface area contributed by atoms with Gasteiger partial charge in [-0.15, -0.1) is 0 Å². The summed E-state index contributed by atoms with van der Waals surface area (Å²) in [6.45, 7) is 8.32. The van der Waals surface area contributed by atoms with Crippen molar-refractivity contribution in [3.05, 3.63) is 11.6 Å². The number of hydrogen-bond acceptors (Lipinski definition) is 7. The van der Waals surface area contributed by atoms with Crippen molar-refractivity contribution in [2.75, 3.05) is 0 Å². The van der Waals surface area contributed by atoms with Gasteiger partial charge in [-0.1, -0.05) is 13.8 Å². The van der Waals surface area contributed by atoms with Crippen LogP contribution in [0.1, 0.15) is 60.3 Å². The number of aliphatic hydroxyl groups excluding tert-OH is 3. The molecule has 0 bridgehead atoms. The topological polar surface area (TPSA) is 113 Å². The standard InChI is InChI=1S/C24H33FO7/c1-11(26)24-16(31-20(2,3)32-24)9-13-17-19(30)18(29)14-8-12(27)6-7-21(14,4)23(17,25)15(28)10-22(13,24)5/h8,13,15-19,28-30H,6-7,9-10H2,1-5H3/t13-,15-,16+,17+,18-,19+,21-,22-,23+,24+/m0/s1. The number of ether oxygens (including phenoxy) is 2. The maximum Gasteiger partial charge on any atom is 0.164 e. The van der Waals surface area contributed by atoms with Gasteiger partial charge in [0.2, 0.25) is 0 Å². The summed E-state index contributed by atoms with van der Waals surface area (Å²) >= 11 is 0. The summed E-state index contributed by atoms with van der Waals surface area (Å²) in [5.74, 6) is -3.23. The highest BCUT2D eigenvalue weighted by molar-refractivity contribution is 5.92. The number of rotatable bonds is 1. The minimum atomic E-state index is -2.28. The van der Waals surface area contributed by atoms with Gasteiger partial charge in [0, 0.05) is 23.2 Å². The smallest absolute Gasteiger partial charge is 0.164 e. The van der Waals surface area contributed by atoms with Crippen LogP contribution in [0, 0.1) is 22.7 Å². The zero-order valence-electron chi connectivity index (χ0n) is 19.2. The molecule has 1 saturated heterocycles. The fraction of sp³-hybridized carbons (Fsp3) is 0.833. The number of carbonyl (C=O) groups is 2. The first kappa shape index (κ1) is 22.6. The van der Waals surface area contributed by atoms with Crippen LogP contribution in [0.5, 0.6) is 0 Å². The lowest BCUT2D eigenvalue weighted by atomic mass is 9.42. The Morgan fingerprint density at radius 1 is 1.19 bits per heavy atom. The van der Waals surface area contributed by atoms with Crippen molar-refractivity contribution in [1.82, 2.24) is 0 Å². The first-order valence-corrected chi connectivity index (χ1v) is 11.5. The second-order valence-corrected chi connectivity index (χ2v) is 11.5. The normalized spacial score (nSPS) is 56.0. The van der Waals surface area contributed by atoms with Crippen LogP contribution in [0.2, 0.25) is 0 Å². The molecule has 10 atom stereocenters. The van der Waals surface area contributed by atoms with Crippen molar-refractivity contribution < 1.29 is 38.8 Å². The Hall–Kier alpha value is -1.19. The monoisotopic (exact) mass is 452 g/mol. The van der Waals surface area contributed by atoms with Gasteiger partial charge >= 0.3 is 0 Å². The zero-order chi connectivity index (χ0) is 23.6. The fourth-order valence-electron chi connectivity index (χ4n) is 8.33. The van der Waals surface area contributed by atoms with Crippen LogP contribution in [-0.2, 0) is 19.1 Å². The van der Waals surface area contributed by atoms with E-state index in [0.717, 1.165) is 0 Å². The number of aliphatic hydroxyl groups is 3. The van der Waals surface area contributed by atoms with Crippen LogP contribution >= 0.6 is 0 Å². The first-order chi connectivity index (χ1) is 14.7. The number of Topliss-reactive ketones (excluding diaryl/α,β-unsaturated/α-hetero) is 1. The molecule has 4 fully saturated rings. The molecule has 0 amide bonds. The summed E-state index contributed by atoms with van der Waals surface area (Å²) in [7, 11) is 0. The Bertz CT molecular complexity index is 931. The third-order valence-corrected chi connectivity index (χ3v) is 9.65. The number of hydrogen-bond donors (Lipinski definition) is 3. The molecule has 0 radical (unpaired) electrons. The predicted octanol–water partition coefficient (Wildman–Crippen LogP) is 1.61. The lowest BCUT2D eigenvalue weighted by molar-refractivity contribution is -0.275. The number of halogens is 1. The van der Waals surface area contributed by atoms with E-state index in [-0.39, 0.29) is 42.8 Å². The van der Waals surface area contributed by atoms with Gasteiger partial charge in [0.15, 0.2) is 28.6 Å². The summed E-state index contributed by atoms with van der Waals surface area (Å²) in [5.41, 5.74) is -5.84. The van der Waals surface area contributed by atoms with E-state index in [1.54, 1.807) is 20.8 Å². The third kappa shape index (κ3) is 2.28. The van der Waals surface area contributed by atoms with Crippen molar-refractivity contribution >= 4 is 11.6 Å². The Morgan fingerprint density at radius 2 is 1.84 bits per heavy atom. The van der Waals surface area contributed by atoms with E-state index in [1.807, 2.05) is 6.92 Å². The van der Waals surface area contributed by atoms with E-state index in [9.17, 15) is 24.9 Å². The van der Waals surface area contributed by atoms with E-state index >= 15 is 4.39 Å².